The second-order valence-electron chi connectivity index (χ2n) is 10.9. The number of benzene rings is 3. The van der Waals surface area contributed by atoms with Gasteiger partial charge < -0.3 is 23.7 Å². The Hall–Kier alpha value is -3.35. The number of hydrogen-bond donors (Lipinski definition) is 0. The van der Waals surface area contributed by atoms with Crippen molar-refractivity contribution < 1.29 is 28.5 Å². The summed E-state index contributed by atoms with van der Waals surface area (Å²) in [4.78, 5) is 12.8. The van der Waals surface area contributed by atoms with Gasteiger partial charge in [-0.15, -0.1) is 0 Å². The number of carbonyl (C=O) groups excluding carboxylic acids is 1. The van der Waals surface area contributed by atoms with Crippen molar-refractivity contribution in [3.8, 4) is 28.4 Å². The molecule has 2 aliphatic rings. The van der Waals surface area contributed by atoms with Crippen molar-refractivity contribution in [3.05, 3.63) is 77.4 Å². The van der Waals surface area contributed by atoms with Crippen molar-refractivity contribution in [2.45, 2.75) is 70.8 Å². The number of fused-ring (bicyclic) bond motifs is 3. The molecule has 0 amide bonds. The average molecular weight is 559 g/mol. The smallest absolute Gasteiger partial charge is 0.343 e. The number of esters is 1. The van der Waals surface area contributed by atoms with E-state index >= 15 is 0 Å². The summed E-state index contributed by atoms with van der Waals surface area (Å²) < 4.78 is 28.2. The molecule has 0 N–H and O–H groups in total. The summed E-state index contributed by atoms with van der Waals surface area (Å²) in [5.74, 6) is 1.84. The first kappa shape index (κ1) is 29.2. The number of rotatable bonds is 18. The average Bonchev–Trinajstić information content (AvgIpc) is 3.75. The molecule has 0 aromatic heterocycles. The van der Waals surface area contributed by atoms with E-state index in [4.69, 9.17) is 23.7 Å². The Morgan fingerprint density at radius 3 is 2.05 bits per heavy atom. The molecule has 1 aliphatic carbocycles. The second-order valence-corrected chi connectivity index (χ2v) is 10.9. The third-order valence-electron chi connectivity index (χ3n) is 7.55. The van der Waals surface area contributed by atoms with Gasteiger partial charge in [0, 0.05) is 6.61 Å². The Bertz CT molecular complexity index is 1260. The van der Waals surface area contributed by atoms with Gasteiger partial charge in [-0.05, 0) is 96.5 Å². The predicted molar refractivity (Wildman–Crippen MR) is 160 cm³/mol. The van der Waals surface area contributed by atoms with Gasteiger partial charge in [0.25, 0.3) is 0 Å². The van der Waals surface area contributed by atoms with E-state index in [-0.39, 0.29) is 5.97 Å². The Morgan fingerprint density at radius 2 is 1.32 bits per heavy atom. The lowest BCUT2D eigenvalue weighted by Gasteiger charge is -2.09. The van der Waals surface area contributed by atoms with E-state index < -0.39 is 0 Å². The SMILES string of the molecule is CCCCCCCCOc1ccc2c(c1)Cc1cc(OC(=O)c3ccc(OCCCCOCC4CO4)cc3)ccc1-2. The highest BCUT2D eigenvalue weighted by molar-refractivity contribution is 5.91. The minimum Gasteiger partial charge on any atom is -0.494 e. The van der Waals surface area contributed by atoms with Crippen LogP contribution in [0.4, 0.5) is 0 Å². The molecule has 5 rings (SSSR count). The first-order chi connectivity index (χ1) is 20.2. The van der Waals surface area contributed by atoms with Crippen LogP contribution < -0.4 is 14.2 Å². The molecule has 3 aromatic carbocycles. The van der Waals surface area contributed by atoms with Gasteiger partial charge in [-0.25, -0.2) is 4.79 Å². The highest BCUT2D eigenvalue weighted by Gasteiger charge is 2.22. The molecule has 3 aromatic rings. The molecule has 0 spiro atoms. The van der Waals surface area contributed by atoms with Gasteiger partial charge >= 0.3 is 5.97 Å². The van der Waals surface area contributed by atoms with Crippen LogP contribution in [0.1, 0.15) is 79.8 Å². The van der Waals surface area contributed by atoms with E-state index in [0.717, 1.165) is 62.6 Å². The molecule has 218 valence electrons. The zero-order chi connectivity index (χ0) is 28.3. The molecule has 6 heteroatoms. The van der Waals surface area contributed by atoms with E-state index in [2.05, 4.69) is 25.1 Å². The van der Waals surface area contributed by atoms with Crippen LogP contribution in [0, 0.1) is 0 Å². The molecule has 1 unspecified atom stereocenters. The molecule has 0 bridgehead atoms. The quantitative estimate of drug-likeness (QED) is 0.0537. The summed E-state index contributed by atoms with van der Waals surface area (Å²) in [7, 11) is 0. The largest absolute Gasteiger partial charge is 0.494 e. The molecule has 1 atom stereocenters. The normalized spacial score (nSPS) is 14.8. The molecule has 1 aliphatic heterocycles. The number of hydrogen-bond acceptors (Lipinski definition) is 6. The van der Waals surface area contributed by atoms with E-state index in [9.17, 15) is 4.79 Å². The van der Waals surface area contributed by atoms with Crippen LogP contribution in [0.15, 0.2) is 60.7 Å². The van der Waals surface area contributed by atoms with Gasteiger partial charge in [0.1, 0.15) is 23.4 Å². The lowest BCUT2D eigenvalue weighted by molar-refractivity contribution is 0.0734. The monoisotopic (exact) mass is 558 g/mol. The van der Waals surface area contributed by atoms with Crippen LogP contribution in [-0.4, -0.2) is 45.1 Å². The Morgan fingerprint density at radius 1 is 0.732 bits per heavy atom. The van der Waals surface area contributed by atoms with Gasteiger partial charge in [0.2, 0.25) is 0 Å². The van der Waals surface area contributed by atoms with E-state index in [1.54, 1.807) is 12.1 Å². The van der Waals surface area contributed by atoms with Crippen molar-refractivity contribution >= 4 is 5.97 Å². The highest BCUT2D eigenvalue weighted by Crippen LogP contribution is 2.40. The predicted octanol–water partition coefficient (Wildman–Crippen LogP) is 7.79. The molecule has 1 saturated heterocycles. The summed E-state index contributed by atoms with van der Waals surface area (Å²) in [5, 5.41) is 0. The fourth-order valence-corrected chi connectivity index (χ4v) is 5.12. The zero-order valence-electron chi connectivity index (χ0n) is 24.2. The standard InChI is InChI=1S/C35H42O6/c1-2-3-4-5-6-7-19-39-30-14-16-33-27(22-30)21-28-23-31(15-17-34(28)33)41-35(36)26-10-12-29(13-11-26)38-20-9-8-18-37-24-32-25-40-32/h10-17,22-23,32H,2-9,18-21,24-25H2,1H3. The molecular formula is C35H42O6. The third kappa shape index (κ3) is 8.82. The fraction of sp³-hybridized carbons (Fsp3) is 0.457. The van der Waals surface area contributed by atoms with E-state index in [0.29, 0.717) is 30.6 Å². The van der Waals surface area contributed by atoms with Gasteiger partial charge in [0.05, 0.1) is 32.0 Å². The number of ether oxygens (including phenoxy) is 5. The van der Waals surface area contributed by atoms with Crippen LogP contribution in [0.5, 0.6) is 17.2 Å². The summed E-state index contributed by atoms with van der Waals surface area (Å²) in [6.45, 7) is 5.84. The Kier molecular flexibility index (Phi) is 10.7. The molecule has 41 heavy (non-hydrogen) atoms. The molecule has 0 radical (unpaired) electrons. The zero-order valence-corrected chi connectivity index (χ0v) is 24.2. The summed E-state index contributed by atoms with van der Waals surface area (Å²) >= 11 is 0. The number of carbonyl (C=O) groups is 1. The summed E-state index contributed by atoms with van der Waals surface area (Å²) in [6, 6.07) is 19.3. The minimum atomic E-state index is -0.380. The van der Waals surface area contributed by atoms with Crippen molar-refractivity contribution in [1.29, 1.82) is 0 Å². The highest BCUT2D eigenvalue weighted by atomic mass is 16.6. The maximum Gasteiger partial charge on any atom is 0.343 e. The number of unbranched alkanes of at least 4 members (excludes halogenated alkanes) is 6. The second kappa shape index (κ2) is 15.0. The number of epoxide rings is 1. The molecule has 1 heterocycles. The molecular weight excluding hydrogens is 516 g/mol. The van der Waals surface area contributed by atoms with Gasteiger partial charge in [-0.3, -0.25) is 0 Å². The Labute approximate surface area is 243 Å². The van der Waals surface area contributed by atoms with Crippen molar-refractivity contribution in [3.63, 3.8) is 0 Å². The molecule has 0 saturated carbocycles. The Balaban J connectivity index is 1.05. The van der Waals surface area contributed by atoms with Crippen LogP contribution in [-0.2, 0) is 15.9 Å². The lowest BCUT2D eigenvalue weighted by Crippen LogP contribution is -2.08. The maximum atomic E-state index is 12.8. The third-order valence-corrected chi connectivity index (χ3v) is 7.55. The van der Waals surface area contributed by atoms with Crippen molar-refractivity contribution in [1.82, 2.24) is 0 Å². The fourth-order valence-electron chi connectivity index (χ4n) is 5.12. The summed E-state index contributed by atoms with van der Waals surface area (Å²) in [6.07, 6.45) is 10.5. The molecule has 6 nitrogen and oxygen atoms in total. The van der Waals surface area contributed by atoms with Crippen LogP contribution >= 0.6 is 0 Å². The van der Waals surface area contributed by atoms with Gasteiger partial charge in [-0.2, -0.15) is 0 Å². The van der Waals surface area contributed by atoms with E-state index in [1.165, 1.54) is 48.8 Å². The van der Waals surface area contributed by atoms with Crippen molar-refractivity contribution in [2.24, 2.45) is 0 Å². The molecule has 1 fully saturated rings. The van der Waals surface area contributed by atoms with Crippen LogP contribution in [0.25, 0.3) is 11.1 Å². The topological polar surface area (TPSA) is 66.5 Å². The van der Waals surface area contributed by atoms with Crippen LogP contribution in [0.2, 0.25) is 0 Å². The van der Waals surface area contributed by atoms with Gasteiger partial charge in [-0.1, -0.05) is 51.2 Å². The lowest BCUT2D eigenvalue weighted by atomic mass is 10.1. The summed E-state index contributed by atoms with van der Waals surface area (Å²) in [5.41, 5.74) is 5.31. The maximum absolute atomic E-state index is 12.8. The minimum absolute atomic E-state index is 0.310. The van der Waals surface area contributed by atoms with E-state index in [1.807, 2.05) is 30.3 Å². The van der Waals surface area contributed by atoms with Crippen LogP contribution in [0.3, 0.4) is 0 Å². The first-order valence-corrected chi connectivity index (χ1v) is 15.2. The van der Waals surface area contributed by atoms with Crippen molar-refractivity contribution in [2.75, 3.05) is 33.0 Å². The van der Waals surface area contributed by atoms with Gasteiger partial charge in [0.15, 0.2) is 0 Å². The first-order valence-electron chi connectivity index (χ1n) is 15.2.